The number of aliphatic hydroxyl groups is 2. The minimum atomic E-state index is -0.860. The lowest BCUT2D eigenvalue weighted by Crippen LogP contribution is -2.25. The lowest BCUT2D eigenvalue weighted by Gasteiger charge is -2.15. The van der Waals surface area contributed by atoms with Gasteiger partial charge in [0.25, 0.3) is 0 Å². The molecule has 192 valence electrons. The molecule has 0 fully saturated rings. The normalized spacial score (nSPS) is 10.2. The smallest absolute Gasteiger partial charge is 0.508 e. The van der Waals surface area contributed by atoms with E-state index in [0.29, 0.717) is 5.75 Å². The molecule has 0 saturated heterocycles. The van der Waals surface area contributed by atoms with Gasteiger partial charge in [-0.3, -0.25) is 9.59 Å². The number of Topliss-reactive ketones (excluding diaryl/α,β-unsaturated/α-hetero) is 2. The Bertz CT molecular complexity index is 905. The van der Waals surface area contributed by atoms with Gasteiger partial charge >= 0.3 is 1.43 Å². The van der Waals surface area contributed by atoms with Gasteiger partial charge in [-0.2, -0.15) is 0 Å². The van der Waals surface area contributed by atoms with Crippen LogP contribution in [0, 0.1) is 0 Å². The highest BCUT2D eigenvalue weighted by Gasteiger charge is 2.26. The maximum Gasteiger partial charge on any atom is 1.00 e. The van der Waals surface area contributed by atoms with Crippen LogP contribution in [0.2, 0.25) is 0 Å². The molecule has 35 heavy (non-hydrogen) atoms. The van der Waals surface area contributed by atoms with Gasteiger partial charge < -0.3 is 30.7 Å². The van der Waals surface area contributed by atoms with Crippen LogP contribution in [0.1, 0.15) is 38.1 Å². The number of phenols is 1. The first-order chi connectivity index (χ1) is 16.1. The molecule has 3 aromatic carbocycles. The second kappa shape index (κ2) is 22.1. The van der Waals surface area contributed by atoms with Crippen LogP contribution in [0.3, 0.4) is 0 Å². The highest BCUT2D eigenvalue weighted by Crippen LogP contribution is 2.18. The minimum absolute atomic E-state index is 0. The zero-order valence-electron chi connectivity index (χ0n) is 21.4. The Morgan fingerprint density at radius 3 is 1.40 bits per heavy atom. The largest absolute Gasteiger partial charge is 1.00 e. The molecule has 8 heteroatoms. The fourth-order valence-electron chi connectivity index (χ4n) is 2.00. The van der Waals surface area contributed by atoms with E-state index in [1.165, 1.54) is 6.92 Å². The molecule has 0 spiro atoms. The number of para-hydroxylation sites is 1. The van der Waals surface area contributed by atoms with Crippen LogP contribution in [0.4, 0.5) is 0 Å². The van der Waals surface area contributed by atoms with Crippen molar-refractivity contribution in [1.29, 1.82) is 0 Å². The quantitative estimate of drug-likeness (QED) is 0.374. The lowest BCUT2D eigenvalue weighted by atomic mass is 9.97. The Morgan fingerprint density at radius 2 is 1.17 bits per heavy atom. The minimum Gasteiger partial charge on any atom is -0.508 e. The van der Waals surface area contributed by atoms with E-state index < -0.39 is 5.60 Å². The molecule has 8 N–H and O–H groups in total. The standard InChI is InChI=1S/C9H12O2.C8H8O.C6H6O.C3H6O2.CH2O.H2O/c1-9(11,7-10)8-5-3-2-4-6-8;1-7(9)8-5-3-2-4-6-8;7-6-4-2-1-3-5-6;1-3(5)2-4;1-2;/h2-6,10-11H,7H2,1H3;2-6H,1H3;1-5,7H;4H,2H2,1H3;1H2;1H2/p+3. The predicted molar refractivity (Wildman–Crippen MR) is 140 cm³/mol. The molecule has 0 saturated carbocycles. The Morgan fingerprint density at radius 1 is 0.829 bits per heavy atom. The number of aliphatic hydroxyl groups excluding tert-OH is 2. The Labute approximate surface area is 207 Å². The van der Waals surface area contributed by atoms with Crippen molar-refractivity contribution in [3.05, 3.63) is 102 Å². The molecule has 3 rings (SSSR count). The molecule has 0 heterocycles. The van der Waals surface area contributed by atoms with E-state index in [1.807, 2.05) is 73.5 Å². The van der Waals surface area contributed by atoms with Gasteiger partial charge in [-0.15, -0.1) is 0 Å². The van der Waals surface area contributed by atoms with E-state index in [4.69, 9.17) is 25.2 Å². The van der Waals surface area contributed by atoms with Crippen molar-refractivity contribution in [3.63, 3.8) is 0 Å². The van der Waals surface area contributed by atoms with Crippen molar-refractivity contribution in [3.8, 4) is 5.75 Å². The van der Waals surface area contributed by atoms with Gasteiger partial charge in [0.1, 0.15) is 25.8 Å². The first-order valence-electron chi connectivity index (χ1n) is 10.2. The van der Waals surface area contributed by atoms with Crippen LogP contribution in [-0.2, 0) is 20.7 Å². The summed E-state index contributed by atoms with van der Waals surface area (Å²) in [6, 6.07) is 27.3. The Kier molecular flexibility index (Phi) is 22.7. The van der Waals surface area contributed by atoms with Crippen molar-refractivity contribution in [2.24, 2.45) is 0 Å². The molecule has 0 bridgehead atoms. The number of aromatic hydroxyl groups is 1. The van der Waals surface area contributed by atoms with Crippen LogP contribution >= 0.6 is 0 Å². The number of ketones is 2. The summed E-state index contributed by atoms with van der Waals surface area (Å²) < 4.78 is 0. The third-order valence-electron chi connectivity index (χ3n) is 3.89. The Hall–Kier alpha value is -3.69. The van der Waals surface area contributed by atoms with Crippen molar-refractivity contribution in [1.82, 2.24) is 0 Å². The van der Waals surface area contributed by atoms with Gasteiger partial charge in [-0.1, -0.05) is 78.9 Å². The molecule has 0 radical (unpaired) electrons. The molecule has 0 amide bonds. The van der Waals surface area contributed by atoms with Gasteiger partial charge in [-0.05, 0) is 26.0 Å². The topological polar surface area (TPSA) is 168 Å². The number of hydrogen-bond acceptors (Lipinski definition) is 6. The summed E-state index contributed by atoms with van der Waals surface area (Å²) in [5.74, 6) is 0.253. The monoisotopic (exact) mass is 491 g/mol. The number of benzene rings is 3. The van der Waals surface area contributed by atoms with Crippen molar-refractivity contribution >= 4 is 18.4 Å². The van der Waals surface area contributed by atoms with Gasteiger partial charge in [0.05, 0.1) is 0 Å². The van der Waals surface area contributed by atoms with Crippen LogP contribution in [0.25, 0.3) is 0 Å². The first-order valence-corrected chi connectivity index (χ1v) is 10.2. The second-order valence-corrected chi connectivity index (χ2v) is 6.97. The molecule has 0 aliphatic carbocycles. The Balaban J connectivity index is -0.000000188. The number of rotatable bonds is 4. The first kappa shape index (κ1) is 35.9. The van der Waals surface area contributed by atoms with E-state index in [9.17, 15) is 9.59 Å². The molecule has 1 atom stereocenters. The van der Waals surface area contributed by atoms with E-state index in [0.717, 1.165) is 11.1 Å². The van der Waals surface area contributed by atoms with Gasteiger partial charge in [0, 0.05) is 18.1 Å². The molecule has 1 unspecified atom stereocenters. The molecule has 8 nitrogen and oxygen atoms in total. The van der Waals surface area contributed by atoms with Crippen molar-refractivity contribution in [2.75, 3.05) is 13.2 Å². The highest BCUT2D eigenvalue weighted by molar-refractivity contribution is 5.93. The predicted octanol–water partition coefficient (Wildman–Crippen LogP) is 2.47. The molecule has 0 aliphatic heterocycles. The summed E-state index contributed by atoms with van der Waals surface area (Å²) in [6.07, 6.45) is 0. The van der Waals surface area contributed by atoms with E-state index in [-0.39, 0.29) is 31.7 Å². The summed E-state index contributed by atoms with van der Waals surface area (Å²) in [5, 5.41) is 33.0. The lowest BCUT2D eigenvalue weighted by molar-refractivity contribution is -0.119. The van der Waals surface area contributed by atoms with Crippen molar-refractivity contribution < 1.29 is 41.7 Å². The summed E-state index contributed by atoms with van der Waals surface area (Å²) >= 11 is 0. The third-order valence-corrected chi connectivity index (χ3v) is 3.89. The van der Waals surface area contributed by atoms with Crippen LogP contribution in [-0.4, -0.2) is 52.0 Å². The molecule has 0 aliphatic rings. The zero-order chi connectivity index (χ0) is 26.4. The van der Waals surface area contributed by atoms with E-state index in [1.54, 1.807) is 38.1 Å². The van der Waals surface area contributed by atoms with Crippen LogP contribution in [0.15, 0.2) is 91.0 Å². The summed E-state index contributed by atoms with van der Waals surface area (Å²) in [5.41, 5.74) is 0.765. The maximum absolute atomic E-state index is 10.6. The number of phenolic OH excluding ortho intramolecular Hbond substituents is 1. The second-order valence-electron chi connectivity index (χ2n) is 6.97. The molecule has 3 aromatic rings. The van der Waals surface area contributed by atoms with E-state index in [2.05, 4.69) is 0 Å². The fourth-order valence-corrected chi connectivity index (χ4v) is 2.00. The number of carbonyl (C=O) groups excluding carboxylic acids is 3. The average Bonchev–Trinajstić information content (AvgIpc) is 2.88. The molecule has 0 aromatic heterocycles. The maximum atomic E-state index is 10.6. The number of carbonyl (C=O) groups is 3. The average molecular weight is 492 g/mol. The fraction of sp³-hybridized carbons (Fsp3) is 0.222. The van der Waals surface area contributed by atoms with Gasteiger partial charge in [0.15, 0.2) is 11.6 Å². The number of hydrogen-bond donors (Lipinski definition) is 3. The van der Waals surface area contributed by atoms with Crippen LogP contribution in [0.5, 0.6) is 5.75 Å². The van der Waals surface area contributed by atoms with Gasteiger partial charge in [0.2, 0.25) is 5.60 Å². The summed E-state index contributed by atoms with van der Waals surface area (Å²) in [4.78, 5) is 28.2. The SMILES string of the molecule is C=O.CC(=O)CO.CC(=O)c1ccccc1.CC([OH2+])(CO)c1ccccc1.Oc1ccccc1.[H+].[OH3+]. The molecular weight excluding hydrogens is 452 g/mol. The van der Waals surface area contributed by atoms with E-state index >= 15 is 0 Å². The third kappa shape index (κ3) is 19.5. The van der Waals surface area contributed by atoms with Crippen LogP contribution < -0.4 is 0 Å². The highest BCUT2D eigenvalue weighted by atomic mass is 16.3. The van der Waals surface area contributed by atoms with Crippen molar-refractivity contribution in [2.45, 2.75) is 26.4 Å². The van der Waals surface area contributed by atoms with Gasteiger partial charge in [-0.25, -0.2) is 0 Å². The molecular formula is C27H39O8+3. The summed E-state index contributed by atoms with van der Waals surface area (Å²) in [7, 11) is 0. The summed E-state index contributed by atoms with van der Waals surface area (Å²) in [6.45, 7) is 6.12. The zero-order valence-corrected chi connectivity index (χ0v) is 20.4.